The Morgan fingerprint density at radius 3 is 2.70 bits per heavy atom. The second kappa shape index (κ2) is 6.57. The van der Waals surface area contributed by atoms with Crippen LogP contribution in [0.3, 0.4) is 0 Å². The summed E-state index contributed by atoms with van der Waals surface area (Å²) in [5, 5.41) is 13.1. The highest BCUT2D eigenvalue weighted by molar-refractivity contribution is 5.39. The number of benzene rings is 1. The van der Waals surface area contributed by atoms with Gasteiger partial charge in [-0.25, -0.2) is 0 Å². The molecule has 1 saturated heterocycles. The molecule has 4 nitrogen and oxygen atoms in total. The molecule has 1 aromatic rings. The van der Waals surface area contributed by atoms with Gasteiger partial charge in [-0.3, -0.25) is 0 Å². The van der Waals surface area contributed by atoms with E-state index in [9.17, 15) is 5.11 Å². The molecular weight excluding hydrogens is 254 g/mol. The lowest BCUT2D eigenvalue weighted by Crippen LogP contribution is -2.52. The van der Waals surface area contributed by atoms with Gasteiger partial charge >= 0.3 is 0 Å². The smallest absolute Gasteiger partial charge is 0.123 e. The quantitative estimate of drug-likeness (QED) is 0.802. The lowest BCUT2D eigenvalue weighted by Gasteiger charge is -2.41. The highest BCUT2D eigenvalue weighted by Gasteiger charge is 2.38. The van der Waals surface area contributed by atoms with E-state index in [1.807, 2.05) is 6.07 Å². The van der Waals surface area contributed by atoms with Gasteiger partial charge in [0.25, 0.3) is 0 Å². The number of aryl methyl sites for hydroxylation is 1. The van der Waals surface area contributed by atoms with Crippen molar-refractivity contribution >= 4 is 0 Å². The normalized spacial score (nSPS) is 18.4. The van der Waals surface area contributed by atoms with Gasteiger partial charge in [-0.05, 0) is 19.4 Å². The minimum Gasteiger partial charge on any atom is -0.496 e. The maximum absolute atomic E-state index is 9.49. The molecule has 1 unspecified atom stereocenters. The molecule has 1 heterocycles. The molecule has 112 valence electrons. The van der Waals surface area contributed by atoms with E-state index in [4.69, 9.17) is 9.47 Å². The minimum atomic E-state index is -0.107. The number of aliphatic hydroxyl groups is 1. The van der Waals surface area contributed by atoms with Crippen molar-refractivity contribution in [2.45, 2.75) is 26.3 Å². The SMILES string of the molecule is CCC(NCC1(CO)COC1)c1cc(C)ccc1OC. The van der Waals surface area contributed by atoms with Crippen LogP contribution in [0.4, 0.5) is 0 Å². The lowest BCUT2D eigenvalue weighted by molar-refractivity contribution is -0.135. The number of aliphatic hydroxyl groups excluding tert-OH is 1. The van der Waals surface area contributed by atoms with Crippen LogP contribution in [0, 0.1) is 12.3 Å². The summed E-state index contributed by atoms with van der Waals surface area (Å²) >= 11 is 0. The monoisotopic (exact) mass is 279 g/mol. The Morgan fingerprint density at radius 2 is 2.20 bits per heavy atom. The van der Waals surface area contributed by atoms with E-state index in [0.717, 1.165) is 18.7 Å². The fourth-order valence-corrected chi connectivity index (χ4v) is 2.58. The van der Waals surface area contributed by atoms with Crippen molar-refractivity contribution in [2.75, 3.05) is 33.5 Å². The Labute approximate surface area is 121 Å². The summed E-state index contributed by atoms with van der Waals surface area (Å²) in [4.78, 5) is 0. The average Bonchev–Trinajstić information content (AvgIpc) is 2.42. The van der Waals surface area contributed by atoms with Crippen LogP contribution >= 0.6 is 0 Å². The van der Waals surface area contributed by atoms with Crippen LogP contribution in [0.5, 0.6) is 5.75 Å². The van der Waals surface area contributed by atoms with Crippen molar-refractivity contribution in [1.82, 2.24) is 5.32 Å². The first kappa shape index (κ1) is 15.3. The van der Waals surface area contributed by atoms with Gasteiger partial charge in [0.15, 0.2) is 0 Å². The third-order valence-corrected chi connectivity index (χ3v) is 4.04. The Morgan fingerprint density at radius 1 is 1.45 bits per heavy atom. The summed E-state index contributed by atoms with van der Waals surface area (Å²) in [7, 11) is 1.70. The van der Waals surface area contributed by atoms with Crippen LogP contribution in [0.2, 0.25) is 0 Å². The van der Waals surface area contributed by atoms with Gasteiger partial charge in [0.1, 0.15) is 5.75 Å². The van der Waals surface area contributed by atoms with Crippen molar-refractivity contribution in [1.29, 1.82) is 0 Å². The zero-order chi connectivity index (χ0) is 14.6. The van der Waals surface area contributed by atoms with E-state index in [2.05, 4.69) is 31.3 Å². The van der Waals surface area contributed by atoms with E-state index in [1.165, 1.54) is 11.1 Å². The highest BCUT2D eigenvalue weighted by atomic mass is 16.5. The standard InChI is InChI=1S/C16H25NO3/c1-4-14(17-8-16(9-18)10-20-11-16)13-7-12(2)5-6-15(13)19-3/h5-7,14,17-18H,4,8-11H2,1-3H3. The van der Waals surface area contributed by atoms with Crippen LogP contribution in [0.25, 0.3) is 0 Å². The Bertz CT molecular complexity index is 438. The van der Waals surface area contributed by atoms with Crippen LogP contribution < -0.4 is 10.1 Å². The van der Waals surface area contributed by atoms with Gasteiger partial charge in [-0.15, -0.1) is 0 Å². The van der Waals surface area contributed by atoms with Crippen LogP contribution in [0.15, 0.2) is 18.2 Å². The molecule has 0 radical (unpaired) electrons. The molecule has 0 aliphatic carbocycles. The van der Waals surface area contributed by atoms with Crippen LogP contribution in [0.1, 0.15) is 30.5 Å². The van der Waals surface area contributed by atoms with E-state index >= 15 is 0 Å². The predicted molar refractivity (Wildman–Crippen MR) is 79.1 cm³/mol. The van der Waals surface area contributed by atoms with Crippen molar-refractivity contribution < 1.29 is 14.6 Å². The predicted octanol–water partition coefficient (Wildman–Crippen LogP) is 2.05. The Kier molecular flexibility index (Phi) is 5.02. The average molecular weight is 279 g/mol. The Hall–Kier alpha value is -1.10. The van der Waals surface area contributed by atoms with E-state index in [-0.39, 0.29) is 18.1 Å². The van der Waals surface area contributed by atoms with Gasteiger partial charge in [0, 0.05) is 18.2 Å². The van der Waals surface area contributed by atoms with Crippen LogP contribution in [-0.2, 0) is 4.74 Å². The molecule has 1 fully saturated rings. The number of nitrogens with one attached hydrogen (secondary N) is 1. The number of rotatable bonds is 7. The Balaban J connectivity index is 2.09. The molecule has 1 atom stereocenters. The van der Waals surface area contributed by atoms with E-state index in [0.29, 0.717) is 13.2 Å². The van der Waals surface area contributed by atoms with Crippen LogP contribution in [-0.4, -0.2) is 38.6 Å². The molecule has 0 saturated carbocycles. The fraction of sp³-hybridized carbons (Fsp3) is 0.625. The summed E-state index contributed by atoms with van der Waals surface area (Å²) in [6, 6.07) is 6.48. The third-order valence-electron chi connectivity index (χ3n) is 4.04. The van der Waals surface area contributed by atoms with Gasteiger partial charge < -0.3 is 19.9 Å². The number of hydrogen-bond donors (Lipinski definition) is 2. The van der Waals surface area contributed by atoms with Gasteiger partial charge in [0.05, 0.1) is 32.3 Å². The van der Waals surface area contributed by atoms with Crippen molar-refractivity contribution in [3.63, 3.8) is 0 Å². The summed E-state index contributed by atoms with van der Waals surface area (Å²) < 4.78 is 10.7. The summed E-state index contributed by atoms with van der Waals surface area (Å²) in [5.74, 6) is 0.915. The number of hydrogen-bond acceptors (Lipinski definition) is 4. The van der Waals surface area contributed by atoms with Crippen molar-refractivity contribution in [3.05, 3.63) is 29.3 Å². The van der Waals surface area contributed by atoms with E-state index in [1.54, 1.807) is 7.11 Å². The number of ether oxygens (including phenoxy) is 2. The molecule has 0 bridgehead atoms. The summed E-state index contributed by atoms with van der Waals surface area (Å²) in [5.41, 5.74) is 2.30. The second-order valence-corrected chi connectivity index (χ2v) is 5.74. The topological polar surface area (TPSA) is 50.7 Å². The first-order chi connectivity index (χ1) is 9.64. The molecule has 1 aliphatic heterocycles. The van der Waals surface area contributed by atoms with Gasteiger partial charge in [-0.1, -0.05) is 24.6 Å². The molecule has 2 N–H and O–H groups in total. The largest absolute Gasteiger partial charge is 0.496 e. The summed E-state index contributed by atoms with van der Waals surface area (Å²) in [6.45, 7) is 6.45. The molecule has 4 heteroatoms. The molecule has 1 aliphatic rings. The molecule has 0 amide bonds. The maximum atomic E-state index is 9.49. The second-order valence-electron chi connectivity index (χ2n) is 5.74. The third kappa shape index (κ3) is 3.14. The van der Waals surface area contributed by atoms with Gasteiger partial charge in [0.2, 0.25) is 0 Å². The molecular formula is C16H25NO3. The van der Waals surface area contributed by atoms with Crippen molar-refractivity contribution in [3.8, 4) is 5.75 Å². The highest BCUT2D eigenvalue weighted by Crippen LogP contribution is 2.31. The maximum Gasteiger partial charge on any atom is 0.123 e. The van der Waals surface area contributed by atoms with Gasteiger partial charge in [-0.2, -0.15) is 0 Å². The first-order valence-electron chi connectivity index (χ1n) is 7.20. The lowest BCUT2D eigenvalue weighted by atomic mass is 9.86. The number of methoxy groups -OCH3 is 1. The first-order valence-corrected chi connectivity index (χ1v) is 7.20. The zero-order valence-corrected chi connectivity index (χ0v) is 12.6. The molecule has 0 aromatic heterocycles. The molecule has 0 spiro atoms. The molecule has 20 heavy (non-hydrogen) atoms. The zero-order valence-electron chi connectivity index (χ0n) is 12.6. The summed E-state index contributed by atoms with van der Waals surface area (Å²) in [6.07, 6.45) is 0.974. The van der Waals surface area contributed by atoms with E-state index < -0.39 is 0 Å². The van der Waals surface area contributed by atoms with Crippen molar-refractivity contribution in [2.24, 2.45) is 5.41 Å². The fourth-order valence-electron chi connectivity index (χ4n) is 2.58. The molecule has 2 rings (SSSR count). The molecule has 1 aromatic carbocycles. The minimum absolute atomic E-state index is 0.107.